The maximum absolute atomic E-state index is 13.4. The zero-order chi connectivity index (χ0) is 11.4. The molecule has 4 heteroatoms. The Morgan fingerprint density at radius 3 is 2.88 bits per heavy atom. The Bertz CT molecular complexity index is 456. The van der Waals surface area contributed by atoms with E-state index in [2.05, 4.69) is 16.8 Å². The molecule has 2 aromatic rings. The van der Waals surface area contributed by atoms with E-state index in [-0.39, 0.29) is 5.82 Å². The van der Waals surface area contributed by atoms with E-state index in [1.165, 1.54) is 11.6 Å². The molecule has 16 heavy (non-hydrogen) atoms. The van der Waals surface area contributed by atoms with Crippen LogP contribution in [0, 0.1) is 5.82 Å². The quantitative estimate of drug-likeness (QED) is 0.864. The van der Waals surface area contributed by atoms with Crippen LogP contribution < -0.4 is 5.32 Å². The monoisotopic (exact) mass is 255 g/mol. The summed E-state index contributed by atoms with van der Waals surface area (Å²) in [5.41, 5.74) is 1.77. The van der Waals surface area contributed by atoms with E-state index < -0.39 is 0 Å². The molecule has 0 aliphatic carbocycles. The van der Waals surface area contributed by atoms with Crippen LogP contribution in [-0.2, 0) is 6.42 Å². The molecule has 0 atom stereocenters. The largest absolute Gasteiger partial charge is 0.382 e. The minimum Gasteiger partial charge on any atom is -0.382 e. The van der Waals surface area contributed by atoms with Gasteiger partial charge in [-0.15, -0.1) is 0 Å². The van der Waals surface area contributed by atoms with Crippen molar-refractivity contribution >= 4 is 28.6 Å². The second-order valence-corrected chi connectivity index (χ2v) is 4.65. The SMILES string of the molecule is Fc1cc(Cl)ccc1NCCc1ccsc1. The minimum atomic E-state index is -0.308. The second kappa shape index (κ2) is 5.32. The molecule has 1 aromatic carbocycles. The van der Waals surface area contributed by atoms with E-state index in [1.54, 1.807) is 23.5 Å². The fourth-order valence-corrected chi connectivity index (χ4v) is 2.27. The van der Waals surface area contributed by atoms with Crippen molar-refractivity contribution in [3.63, 3.8) is 0 Å². The maximum atomic E-state index is 13.4. The van der Waals surface area contributed by atoms with Crippen LogP contribution in [0.4, 0.5) is 10.1 Å². The molecular weight excluding hydrogens is 245 g/mol. The number of benzene rings is 1. The molecule has 0 saturated heterocycles. The predicted octanol–water partition coefficient (Wildman–Crippen LogP) is 4.20. The number of anilines is 1. The molecule has 0 amide bonds. The Morgan fingerprint density at radius 2 is 2.19 bits per heavy atom. The van der Waals surface area contributed by atoms with E-state index in [4.69, 9.17) is 11.6 Å². The summed E-state index contributed by atoms with van der Waals surface area (Å²) in [5.74, 6) is -0.308. The van der Waals surface area contributed by atoms with Gasteiger partial charge in [0, 0.05) is 11.6 Å². The van der Waals surface area contributed by atoms with Gasteiger partial charge in [-0.3, -0.25) is 0 Å². The molecule has 0 spiro atoms. The standard InChI is InChI=1S/C12H11ClFNS/c13-10-1-2-12(11(14)7-10)15-5-3-9-4-6-16-8-9/h1-2,4,6-8,15H,3,5H2. The van der Waals surface area contributed by atoms with Crippen molar-refractivity contribution in [2.75, 3.05) is 11.9 Å². The summed E-state index contributed by atoms with van der Waals surface area (Å²) >= 11 is 7.34. The summed E-state index contributed by atoms with van der Waals surface area (Å²) in [6, 6.07) is 6.72. The van der Waals surface area contributed by atoms with Gasteiger partial charge in [-0.2, -0.15) is 11.3 Å². The fourth-order valence-electron chi connectivity index (χ4n) is 1.41. The molecule has 1 nitrogen and oxygen atoms in total. The summed E-state index contributed by atoms with van der Waals surface area (Å²) in [4.78, 5) is 0. The third kappa shape index (κ3) is 2.97. The van der Waals surface area contributed by atoms with E-state index in [1.807, 2.05) is 5.38 Å². The molecule has 84 valence electrons. The second-order valence-electron chi connectivity index (χ2n) is 3.43. The van der Waals surface area contributed by atoms with Gasteiger partial charge in [0.15, 0.2) is 0 Å². The predicted molar refractivity (Wildman–Crippen MR) is 67.9 cm³/mol. The summed E-state index contributed by atoms with van der Waals surface area (Å²) in [6.45, 7) is 0.718. The lowest BCUT2D eigenvalue weighted by Crippen LogP contribution is -2.05. The summed E-state index contributed by atoms with van der Waals surface area (Å²) < 4.78 is 13.4. The highest BCUT2D eigenvalue weighted by Gasteiger charge is 2.01. The van der Waals surface area contributed by atoms with Crippen molar-refractivity contribution in [1.82, 2.24) is 0 Å². The van der Waals surface area contributed by atoms with Crippen LogP contribution in [0.5, 0.6) is 0 Å². The first-order valence-corrected chi connectivity index (χ1v) is 6.28. The Kier molecular flexibility index (Phi) is 3.80. The first kappa shape index (κ1) is 11.4. The van der Waals surface area contributed by atoms with Crippen LogP contribution in [0.1, 0.15) is 5.56 Å². The van der Waals surface area contributed by atoms with Gasteiger partial charge in [0.25, 0.3) is 0 Å². The van der Waals surface area contributed by atoms with E-state index in [0.29, 0.717) is 10.7 Å². The van der Waals surface area contributed by atoms with Crippen molar-refractivity contribution < 1.29 is 4.39 Å². The highest BCUT2D eigenvalue weighted by Crippen LogP contribution is 2.18. The lowest BCUT2D eigenvalue weighted by atomic mass is 10.2. The molecule has 1 N–H and O–H groups in total. The Balaban J connectivity index is 1.90. The minimum absolute atomic E-state index is 0.308. The third-order valence-corrected chi connectivity index (χ3v) is 3.21. The molecule has 0 aliphatic heterocycles. The Morgan fingerprint density at radius 1 is 1.31 bits per heavy atom. The van der Waals surface area contributed by atoms with Crippen molar-refractivity contribution in [2.24, 2.45) is 0 Å². The van der Waals surface area contributed by atoms with Gasteiger partial charge >= 0.3 is 0 Å². The number of rotatable bonds is 4. The Labute approximate surface area is 103 Å². The zero-order valence-corrected chi connectivity index (χ0v) is 10.1. The highest BCUT2D eigenvalue weighted by atomic mass is 35.5. The van der Waals surface area contributed by atoms with Gasteiger partial charge in [0.2, 0.25) is 0 Å². The number of hydrogen-bond donors (Lipinski definition) is 1. The van der Waals surface area contributed by atoms with Crippen LogP contribution in [0.15, 0.2) is 35.0 Å². The van der Waals surface area contributed by atoms with Gasteiger partial charge in [-0.05, 0) is 47.0 Å². The van der Waals surface area contributed by atoms with Crippen LogP contribution >= 0.6 is 22.9 Å². The topological polar surface area (TPSA) is 12.0 Å². The molecule has 0 fully saturated rings. The number of halogens is 2. The molecular formula is C12H11ClFNS. The smallest absolute Gasteiger partial charge is 0.147 e. The summed E-state index contributed by atoms with van der Waals surface area (Å²) in [6.07, 6.45) is 0.894. The maximum Gasteiger partial charge on any atom is 0.147 e. The van der Waals surface area contributed by atoms with Crippen LogP contribution in [0.3, 0.4) is 0 Å². The average molecular weight is 256 g/mol. The van der Waals surface area contributed by atoms with Crippen molar-refractivity contribution in [1.29, 1.82) is 0 Å². The molecule has 2 rings (SSSR count). The molecule has 0 aliphatic rings. The van der Waals surface area contributed by atoms with Gasteiger partial charge in [-0.25, -0.2) is 4.39 Å². The molecule has 0 bridgehead atoms. The number of hydrogen-bond acceptors (Lipinski definition) is 2. The van der Waals surface area contributed by atoms with Gasteiger partial charge in [-0.1, -0.05) is 11.6 Å². The molecule has 0 saturated carbocycles. The van der Waals surface area contributed by atoms with E-state index in [9.17, 15) is 4.39 Å². The highest BCUT2D eigenvalue weighted by molar-refractivity contribution is 7.07. The molecule has 1 aromatic heterocycles. The number of nitrogens with one attached hydrogen (secondary N) is 1. The third-order valence-electron chi connectivity index (χ3n) is 2.24. The normalized spacial score (nSPS) is 10.4. The van der Waals surface area contributed by atoms with Crippen LogP contribution in [0.2, 0.25) is 5.02 Å². The van der Waals surface area contributed by atoms with Crippen molar-refractivity contribution in [3.05, 3.63) is 51.4 Å². The summed E-state index contributed by atoms with van der Waals surface area (Å²) in [7, 11) is 0. The fraction of sp³-hybridized carbons (Fsp3) is 0.167. The zero-order valence-electron chi connectivity index (χ0n) is 8.54. The first-order chi connectivity index (χ1) is 7.75. The Hall–Kier alpha value is -1.06. The van der Waals surface area contributed by atoms with Crippen LogP contribution in [0.25, 0.3) is 0 Å². The molecule has 0 radical (unpaired) electrons. The van der Waals surface area contributed by atoms with Gasteiger partial charge < -0.3 is 5.32 Å². The first-order valence-electron chi connectivity index (χ1n) is 4.96. The van der Waals surface area contributed by atoms with Crippen LogP contribution in [-0.4, -0.2) is 6.54 Å². The molecule has 0 unspecified atom stereocenters. The van der Waals surface area contributed by atoms with Gasteiger partial charge in [0.1, 0.15) is 5.82 Å². The van der Waals surface area contributed by atoms with E-state index in [0.717, 1.165) is 13.0 Å². The lowest BCUT2D eigenvalue weighted by molar-refractivity contribution is 0.630. The van der Waals surface area contributed by atoms with Crippen molar-refractivity contribution in [3.8, 4) is 0 Å². The number of thiophene rings is 1. The lowest BCUT2D eigenvalue weighted by Gasteiger charge is -2.06. The van der Waals surface area contributed by atoms with E-state index >= 15 is 0 Å². The molecule has 1 heterocycles. The average Bonchev–Trinajstić information content (AvgIpc) is 2.74. The van der Waals surface area contributed by atoms with Crippen molar-refractivity contribution in [2.45, 2.75) is 6.42 Å². The summed E-state index contributed by atoms with van der Waals surface area (Å²) in [5, 5.41) is 7.60. The van der Waals surface area contributed by atoms with Gasteiger partial charge in [0.05, 0.1) is 5.69 Å².